The molecule has 15 heavy (non-hydrogen) atoms. The van der Waals surface area contributed by atoms with E-state index in [9.17, 15) is 17.6 Å². The van der Waals surface area contributed by atoms with Gasteiger partial charge >= 0.3 is 6.18 Å². The van der Waals surface area contributed by atoms with Crippen molar-refractivity contribution in [1.29, 1.82) is 0 Å². The summed E-state index contributed by atoms with van der Waals surface area (Å²) < 4.78 is 52.6. The lowest BCUT2D eigenvalue weighted by molar-refractivity contribution is -0.153. The highest BCUT2D eigenvalue weighted by Gasteiger charge is 2.28. The Labute approximate surface area is 91.1 Å². The highest BCUT2D eigenvalue weighted by atomic mass is 79.9. The summed E-state index contributed by atoms with van der Waals surface area (Å²) in [5, 5.41) is 0. The first-order valence-electron chi connectivity index (χ1n) is 3.73. The van der Waals surface area contributed by atoms with Crippen LogP contribution in [-0.4, -0.2) is 12.8 Å². The molecule has 0 saturated carbocycles. The van der Waals surface area contributed by atoms with Crippen molar-refractivity contribution in [3.05, 3.63) is 22.4 Å². The number of hydrogen-bond acceptors (Lipinski definition) is 2. The van der Waals surface area contributed by atoms with E-state index in [0.717, 1.165) is 12.1 Å². The third-order valence-corrected chi connectivity index (χ3v) is 2.05. The predicted octanol–water partition coefficient (Wildman–Crippen LogP) is 3.11. The topological polar surface area (TPSA) is 35.2 Å². The number of nitrogen functional groups attached to an aromatic ring is 1. The quantitative estimate of drug-likeness (QED) is 0.670. The fraction of sp³-hybridized carbons (Fsp3) is 0.250. The lowest BCUT2D eigenvalue weighted by Gasteiger charge is -2.11. The van der Waals surface area contributed by atoms with Crippen LogP contribution in [0.4, 0.5) is 23.2 Å². The van der Waals surface area contributed by atoms with Gasteiger partial charge in [-0.25, -0.2) is 4.39 Å². The monoisotopic (exact) mass is 287 g/mol. The van der Waals surface area contributed by atoms with Gasteiger partial charge < -0.3 is 10.5 Å². The number of benzene rings is 1. The Balaban J connectivity index is 2.82. The van der Waals surface area contributed by atoms with Gasteiger partial charge in [0.15, 0.2) is 6.61 Å². The summed E-state index contributed by atoms with van der Waals surface area (Å²) in [7, 11) is 0. The van der Waals surface area contributed by atoms with E-state index in [2.05, 4.69) is 20.7 Å². The first kappa shape index (κ1) is 12.1. The van der Waals surface area contributed by atoms with Gasteiger partial charge in [0.25, 0.3) is 0 Å². The number of ether oxygens (including phenoxy) is 1. The van der Waals surface area contributed by atoms with Crippen molar-refractivity contribution in [2.75, 3.05) is 12.3 Å². The summed E-state index contributed by atoms with van der Waals surface area (Å²) >= 11 is 2.81. The largest absolute Gasteiger partial charge is 0.482 e. The molecule has 0 spiro atoms. The lowest BCUT2D eigenvalue weighted by Crippen LogP contribution is -2.19. The molecule has 0 aromatic heterocycles. The summed E-state index contributed by atoms with van der Waals surface area (Å²) in [6.07, 6.45) is -4.45. The van der Waals surface area contributed by atoms with Gasteiger partial charge in [-0.05, 0) is 22.0 Å². The molecule has 1 rings (SSSR count). The molecule has 7 heteroatoms. The second-order valence-corrected chi connectivity index (χ2v) is 3.56. The number of halogens is 5. The zero-order chi connectivity index (χ0) is 11.6. The zero-order valence-electron chi connectivity index (χ0n) is 7.24. The maximum atomic E-state index is 12.8. The van der Waals surface area contributed by atoms with Gasteiger partial charge in [0, 0.05) is 6.07 Å². The van der Waals surface area contributed by atoms with Gasteiger partial charge in [0.05, 0.1) is 10.2 Å². The van der Waals surface area contributed by atoms with Crippen molar-refractivity contribution < 1.29 is 22.3 Å². The maximum absolute atomic E-state index is 12.8. The van der Waals surface area contributed by atoms with Gasteiger partial charge in [0.2, 0.25) is 0 Å². The molecule has 0 radical (unpaired) electrons. The van der Waals surface area contributed by atoms with Crippen LogP contribution in [0.25, 0.3) is 0 Å². The number of rotatable bonds is 2. The molecule has 0 atom stereocenters. The van der Waals surface area contributed by atoms with E-state index in [0.29, 0.717) is 0 Å². The van der Waals surface area contributed by atoms with Gasteiger partial charge in [-0.1, -0.05) is 0 Å². The number of anilines is 1. The van der Waals surface area contributed by atoms with Crippen molar-refractivity contribution in [2.45, 2.75) is 6.18 Å². The summed E-state index contributed by atoms with van der Waals surface area (Å²) in [5.41, 5.74) is 5.09. The van der Waals surface area contributed by atoms with E-state index >= 15 is 0 Å². The molecule has 1 aromatic rings. The minimum atomic E-state index is -4.45. The van der Waals surface area contributed by atoms with Crippen molar-refractivity contribution in [2.24, 2.45) is 0 Å². The van der Waals surface area contributed by atoms with Gasteiger partial charge in [-0.15, -0.1) is 0 Å². The average molecular weight is 288 g/mol. The molecule has 0 unspecified atom stereocenters. The zero-order valence-corrected chi connectivity index (χ0v) is 8.82. The Kier molecular flexibility index (Phi) is 3.43. The molecule has 0 heterocycles. The lowest BCUT2D eigenvalue weighted by atomic mass is 10.3. The molecule has 2 nitrogen and oxygen atoms in total. The summed E-state index contributed by atoms with van der Waals surface area (Å²) in [5.74, 6) is -0.868. The Bertz CT molecular complexity index is 366. The molecule has 0 saturated heterocycles. The van der Waals surface area contributed by atoms with E-state index in [1.165, 1.54) is 0 Å². The van der Waals surface area contributed by atoms with Crippen LogP contribution in [0.3, 0.4) is 0 Å². The van der Waals surface area contributed by atoms with E-state index in [-0.39, 0.29) is 15.9 Å². The average Bonchev–Trinajstić information content (AvgIpc) is 2.07. The normalized spacial score (nSPS) is 11.5. The summed E-state index contributed by atoms with van der Waals surface area (Å²) in [4.78, 5) is 0. The highest BCUT2D eigenvalue weighted by molar-refractivity contribution is 9.10. The number of alkyl halides is 3. The standard InChI is InChI=1S/C8H6BrF4NO/c9-4-1-7(6(14)2-5(4)10)15-3-8(11,12)13/h1-2H,3,14H2. The minimum Gasteiger partial charge on any atom is -0.482 e. The minimum absolute atomic E-state index is 0.00567. The van der Waals surface area contributed by atoms with Gasteiger partial charge in [-0.2, -0.15) is 13.2 Å². The fourth-order valence-corrected chi connectivity index (χ4v) is 1.15. The van der Waals surface area contributed by atoms with Crippen LogP contribution < -0.4 is 10.5 Å². The van der Waals surface area contributed by atoms with E-state index in [4.69, 9.17) is 5.73 Å². The van der Waals surface area contributed by atoms with Crippen molar-refractivity contribution in [3.8, 4) is 5.75 Å². The smallest absolute Gasteiger partial charge is 0.422 e. The van der Waals surface area contributed by atoms with Crippen LogP contribution in [-0.2, 0) is 0 Å². The van der Waals surface area contributed by atoms with Crippen LogP contribution in [0.5, 0.6) is 5.75 Å². The van der Waals surface area contributed by atoms with Crippen LogP contribution in [0.2, 0.25) is 0 Å². The predicted molar refractivity (Wildman–Crippen MR) is 50.1 cm³/mol. The molecular formula is C8H6BrF4NO. The molecule has 2 N–H and O–H groups in total. The Hall–Kier alpha value is -0.980. The Morgan fingerprint density at radius 3 is 2.47 bits per heavy atom. The van der Waals surface area contributed by atoms with Crippen LogP contribution in [0.15, 0.2) is 16.6 Å². The van der Waals surface area contributed by atoms with Crippen LogP contribution in [0.1, 0.15) is 0 Å². The third kappa shape index (κ3) is 3.58. The van der Waals surface area contributed by atoms with E-state index < -0.39 is 18.6 Å². The molecule has 0 aliphatic heterocycles. The van der Waals surface area contributed by atoms with Gasteiger partial charge in [0.1, 0.15) is 11.6 Å². The van der Waals surface area contributed by atoms with Crippen LogP contribution in [0, 0.1) is 5.82 Å². The molecule has 0 bridgehead atoms. The van der Waals surface area contributed by atoms with Crippen molar-refractivity contribution in [3.63, 3.8) is 0 Å². The molecule has 0 fully saturated rings. The summed E-state index contributed by atoms with van der Waals surface area (Å²) in [6, 6.07) is 1.94. The Morgan fingerprint density at radius 2 is 1.93 bits per heavy atom. The maximum Gasteiger partial charge on any atom is 0.422 e. The fourth-order valence-electron chi connectivity index (χ4n) is 0.829. The number of hydrogen-bond donors (Lipinski definition) is 1. The highest BCUT2D eigenvalue weighted by Crippen LogP contribution is 2.29. The second-order valence-electron chi connectivity index (χ2n) is 2.71. The Morgan fingerprint density at radius 1 is 1.33 bits per heavy atom. The van der Waals surface area contributed by atoms with E-state index in [1.54, 1.807) is 0 Å². The SMILES string of the molecule is Nc1cc(F)c(Br)cc1OCC(F)(F)F. The first-order valence-corrected chi connectivity index (χ1v) is 4.53. The van der Waals surface area contributed by atoms with Crippen LogP contribution >= 0.6 is 15.9 Å². The second kappa shape index (κ2) is 4.26. The van der Waals surface area contributed by atoms with Crippen molar-refractivity contribution in [1.82, 2.24) is 0 Å². The molecule has 0 aliphatic carbocycles. The van der Waals surface area contributed by atoms with Crippen molar-refractivity contribution >= 4 is 21.6 Å². The summed E-state index contributed by atoms with van der Waals surface area (Å²) in [6.45, 7) is -1.46. The molecule has 0 amide bonds. The van der Waals surface area contributed by atoms with Gasteiger partial charge in [-0.3, -0.25) is 0 Å². The molecular weight excluding hydrogens is 282 g/mol. The van der Waals surface area contributed by atoms with E-state index in [1.807, 2.05) is 0 Å². The number of nitrogens with two attached hydrogens (primary N) is 1. The molecule has 1 aromatic carbocycles. The first-order chi connectivity index (χ1) is 6.79. The third-order valence-electron chi connectivity index (χ3n) is 1.44. The molecule has 84 valence electrons. The molecule has 0 aliphatic rings.